The van der Waals surface area contributed by atoms with Gasteiger partial charge in [0.05, 0.1) is 11.8 Å². The summed E-state index contributed by atoms with van der Waals surface area (Å²) in [6.07, 6.45) is 0.851. The van der Waals surface area contributed by atoms with Crippen LogP contribution in [0.3, 0.4) is 0 Å². The van der Waals surface area contributed by atoms with Gasteiger partial charge in [-0.25, -0.2) is 4.98 Å². The monoisotopic (exact) mass is 187 g/mol. The number of aromatic nitrogens is 1. The standard InChI is InChI=1S/C8H13NO2S/c1-4-6-7(10)12-8(9-6)11-5(2)3/h5,10H,4H2,1-3H3. The predicted molar refractivity (Wildman–Crippen MR) is 48.9 cm³/mol. The first-order valence-electron chi connectivity index (χ1n) is 3.98. The molecule has 12 heavy (non-hydrogen) atoms. The fourth-order valence-electron chi connectivity index (χ4n) is 0.805. The van der Waals surface area contributed by atoms with Crippen molar-refractivity contribution in [3.8, 4) is 10.3 Å². The van der Waals surface area contributed by atoms with Gasteiger partial charge in [-0.15, -0.1) is 0 Å². The Morgan fingerprint density at radius 3 is 2.67 bits per heavy atom. The molecule has 1 aromatic heterocycles. The number of ether oxygens (including phenoxy) is 1. The van der Waals surface area contributed by atoms with E-state index < -0.39 is 0 Å². The number of aryl methyl sites for hydroxylation is 1. The zero-order valence-electron chi connectivity index (χ0n) is 7.50. The van der Waals surface area contributed by atoms with E-state index in [1.807, 2.05) is 20.8 Å². The van der Waals surface area contributed by atoms with Gasteiger partial charge in [0.1, 0.15) is 0 Å². The summed E-state index contributed by atoms with van der Waals surface area (Å²) in [5.74, 6) is 0. The molecule has 1 heterocycles. The normalized spacial score (nSPS) is 10.7. The second-order valence-corrected chi connectivity index (χ2v) is 3.69. The van der Waals surface area contributed by atoms with Crippen molar-refractivity contribution in [3.63, 3.8) is 0 Å². The van der Waals surface area contributed by atoms with E-state index in [4.69, 9.17) is 4.74 Å². The van der Waals surface area contributed by atoms with Gasteiger partial charge in [0, 0.05) is 0 Å². The molecule has 0 unspecified atom stereocenters. The topological polar surface area (TPSA) is 42.4 Å². The summed E-state index contributed by atoms with van der Waals surface area (Å²) in [4.78, 5) is 4.11. The van der Waals surface area contributed by atoms with E-state index in [2.05, 4.69) is 4.98 Å². The third kappa shape index (κ3) is 2.11. The average molecular weight is 187 g/mol. The van der Waals surface area contributed by atoms with E-state index in [1.165, 1.54) is 11.3 Å². The Bertz CT molecular complexity index is 258. The molecule has 0 aliphatic carbocycles. The Morgan fingerprint density at radius 1 is 1.58 bits per heavy atom. The van der Waals surface area contributed by atoms with E-state index >= 15 is 0 Å². The first kappa shape index (κ1) is 9.32. The van der Waals surface area contributed by atoms with Crippen LogP contribution in [0.1, 0.15) is 26.5 Å². The van der Waals surface area contributed by atoms with E-state index in [0.717, 1.165) is 12.1 Å². The third-order valence-electron chi connectivity index (χ3n) is 1.33. The summed E-state index contributed by atoms with van der Waals surface area (Å²) >= 11 is 1.19. The van der Waals surface area contributed by atoms with Crippen molar-refractivity contribution in [1.29, 1.82) is 0 Å². The van der Waals surface area contributed by atoms with Gasteiger partial charge >= 0.3 is 0 Å². The van der Waals surface area contributed by atoms with E-state index in [-0.39, 0.29) is 11.2 Å². The Balaban J connectivity index is 2.75. The SMILES string of the molecule is CCc1nc(OC(C)C)sc1O. The maximum Gasteiger partial charge on any atom is 0.277 e. The highest BCUT2D eigenvalue weighted by Crippen LogP contribution is 2.31. The van der Waals surface area contributed by atoms with Crippen LogP contribution in [-0.2, 0) is 6.42 Å². The van der Waals surface area contributed by atoms with Gasteiger partial charge in [-0.3, -0.25) is 0 Å². The van der Waals surface area contributed by atoms with Crippen LogP contribution in [0.2, 0.25) is 0 Å². The largest absolute Gasteiger partial charge is 0.498 e. The number of aromatic hydroxyl groups is 1. The van der Waals surface area contributed by atoms with Crippen molar-refractivity contribution in [2.45, 2.75) is 33.3 Å². The summed E-state index contributed by atoms with van der Waals surface area (Å²) in [6.45, 7) is 5.82. The van der Waals surface area contributed by atoms with Gasteiger partial charge in [0.15, 0.2) is 5.06 Å². The lowest BCUT2D eigenvalue weighted by Crippen LogP contribution is -2.05. The summed E-state index contributed by atoms with van der Waals surface area (Å²) in [6, 6.07) is 0. The maximum absolute atomic E-state index is 9.32. The maximum atomic E-state index is 9.32. The Kier molecular flexibility index (Phi) is 2.92. The Labute approximate surface area is 76.0 Å². The van der Waals surface area contributed by atoms with E-state index in [0.29, 0.717) is 5.19 Å². The van der Waals surface area contributed by atoms with Gasteiger partial charge < -0.3 is 9.84 Å². The van der Waals surface area contributed by atoms with Crippen molar-refractivity contribution in [2.24, 2.45) is 0 Å². The highest BCUT2D eigenvalue weighted by molar-refractivity contribution is 7.15. The van der Waals surface area contributed by atoms with E-state index in [9.17, 15) is 5.11 Å². The molecule has 0 atom stereocenters. The Hall–Kier alpha value is -0.770. The lowest BCUT2D eigenvalue weighted by atomic mass is 10.4. The molecular formula is C8H13NO2S. The summed E-state index contributed by atoms with van der Waals surface area (Å²) in [7, 11) is 0. The summed E-state index contributed by atoms with van der Waals surface area (Å²) in [5.41, 5.74) is 0.718. The van der Waals surface area contributed by atoms with Crippen LogP contribution in [-0.4, -0.2) is 16.2 Å². The minimum atomic E-state index is 0.111. The number of rotatable bonds is 3. The summed E-state index contributed by atoms with van der Waals surface area (Å²) in [5, 5.41) is 10.1. The lowest BCUT2D eigenvalue weighted by Gasteiger charge is -2.03. The second-order valence-electron chi connectivity index (χ2n) is 2.75. The molecule has 1 N–H and O–H groups in total. The van der Waals surface area contributed by atoms with E-state index in [1.54, 1.807) is 0 Å². The molecule has 0 spiro atoms. The quantitative estimate of drug-likeness (QED) is 0.788. The molecule has 4 heteroatoms. The highest BCUT2D eigenvalue weighted by Gasteiger charge is 2.09. The molecular weight excluding hydrogens is 174 g/mol. The predicted octanol–water partition coefficient (Wildman–Crippen LogP) is 2.20. The molecule has 0 saturated heterocycles. The highest BCUT2D eigenvalue weighted by atomic mass is 32.1. The minimum Gasteiger partial charge on any atom is -0.498 e. The van der Waals surface area contributed by atoms with Crippen LogP contribution in [0, 0.1) is 0 Å². The van der Waals surface area contributed by atoms with Gasteiger partial charge in [-0.1, -0.05) is 6.92 Å². The number of hydrogen-bond acceptors (Lipinski definition) is 4. The van der Waals surface area contributed by atoms with Gasteiger partial charge in [-0.2, -0.15) is 0 Å². The van der Waals surface area contributed by atoms with Gasteiger partial charge in [0.25, 0.3) is 5.19 Å². The first-order valence-corrected chi connectivity index (χ1v) is 4.80. The zero-order valence-corrected chi connectivity index (χ0v) is 8.31. The van der Waals surface area contributed by atoms with Crippen LogP contribution in [0.4, 0.5) is 0 Å². The first-order chi connectivity index (χ1) is 5.63. The fourth-order valence-corrected chi connectivity index (χ4v) is 1.67. The fraction of sp³-hybridized carbons (Fsp3) is 0.625. The van der Waals surface area contributed by atoms with Crippen LogP contribution in [0.25, 0.3) is 0 Å². The number of thiazole rings is 1. The molecule has 0 aliphatic heterocycles. The van der Waals surface area contributed by atoms with Crippen molar-refractivity contribution in [2.75, 3.05) is 0 Å². The van der Waals surface area contributed by atoms with Crippen molar-refractivity contribution in [3.05, 3.63) is 5.69 Å². The van der Waals surface area contributed by atoms with Crippen molar-refractivity contribution in [1.82, 2.24) is 4.98 Å². The molecule has 1 aromatic rings. The molecule has 0 radical (unpaired) electrons. The minimum absolute atomic E-state index is 0.111. The van der Waals surface area contributed by atoms with Gasteiger partial charge in [0.2, 0.25) is 0 Å². The summed E-state index contributed by atoms with van der Waals surface area (Å²) < 4.78 is 5.32. The van der Waals surface area contributed by atoms with Crippen LogP contribution < -0.4 is 4.74 Å². The molecule has 0 amide bonds. The molecule has 0 saturated carbocycles. The molecule has 0 bridgehead atoms. The molecule has 0 aliphatic rings. The molecule has 1 rings (SSSR count). The van der Waals surface area contributed by atoms with Crippen molar-refractivity contribution < 1.29 is 9.84 Å². The molecule has 68 valence electrons. The number of hydrogen-bond donors (Lipinski definition) is 1. The van der Waals surface area contributed by atoms with Gasteiger partial charge in [-0.05, 0) is 31.6 Å². The third-order valence-corrected chi connectivity index (χ3v) is 2.12. The van der Waals surface area contributed by atoms with Crippen LogP contribution in [0.15, 0.2) is 0 Å². The van der Waals surface area contributed by atoms with Crippen LogP contribution >= 0.6 is 11.3 Å². The van der Waals surface area contributed by atoms with Crippen molar-refractivity contribution >= 4 is 11.3 Å². The second kappa shape index (κ2) is 3.76. The molecule has 0 aromatic carbocycles. The Morgan fingerprint density at radius 2 is 2.25 bits per heavy atom. The lowest BCUT2D eigenvalue weighted by molar-refractivity contribution is 0.241. The average Bonchev–Trinajstić information content (AvgIpc) is 2.29. The smallest absolute Gasteiger partial charge is 0.277 e. The molecule has 3 nitrogen and oxygen atoms in total. The zero-order chi connectivity index (χ0) is 9.14. The molecule has 0 fully saturated rings. The number of nitrogens with zero attached hydrogens (tertiary/aromatic N) is 1. The van der Waals surface area contributed by atoms with Crippen LogP contribution in [0.5, 0.6) is 10.3 Å².